The van der Waals surface area contributed by atoms with Gasteiger partial charge >= 0.3 is 0 Å². The molecule has 2 N–H and O–H groups in total. The van der Waals surface area contributed by atoms with Crippen molar-refractivity contribution in [2.45, 2.75) is 25.3 Å². The third-order valence-corrected chi connectivity index (χ3v) is 3.66. The third kappa shape index (κ3) is 3.18. The highest BCUT2D eigenvalue weighted by molar-refractivity contribution is 5.70. The molecule has 3 rings (SSSR count). The molecule has 0 atom stereocenters. The molecule has 2 aromatic rings. The second-order valence-corrected chi connectivity index (χ2v) is 5.21. The first kappa shape index (κ1) is 12.7. The summed E-state index contributed by atoms with van der Waals surface area (Å²) in [5.74, 6) is 0. The standard InChI is InChI=1S/C17H18N2O/c20-17-11-8-14(12-18-17)5-4-13-6-9-16(10-7-13)19-15-2-1-3-15/h4-12,15,19H,1-3H2,(H,18,20)/b5-4+. The van der Waals surface area contributed by atoms with E-state index in [1.807, 2.05) is 18.2 Å². The molecule has 0 amide bonds. The molecule has 1 heterocycles. The van der Waals surface area contributed by atoms with E-state index in [4.69, 9.17) is 0 Å². The van der Waals surface area contributed by atoms with Crippen molar-refractivity contribution in [2.24, 2.45) is 0 Å². The lowest BCUT2D eigenvalue weighted by atomic mass is 9.93. The number of H-pyrrole nitrogens is 1. The van der Waals surface area contributed by atoms with E-state index in [1.165, 1.54) is 31.0 Å². The zero-order chi connectivity index (χ0) is 13.8. The van der Waals surface area contributed by atoms with Crippen LogP contribution in [0.25, 0.3) is 12.2 Å². The van der Waals surface area contributed by atoms with Gasteiger partial charge in [-0.2, -0.15) is 0 Å². The molecule has 1 saturated carbocycles. The molecule has 1 fully saturated rings. The number of hydrogen-bond donors (Lipinski definition) is 2. The summed E-state index contributed by atoms with van der Waals surface area (Å²) in [5.41, 5.74) is 3.25. The van der Waals surface area contributed by atoms with Crippen LogP contribution in [0.1, 0.15) is 30.4 Å². The van der Waals surface area contributed by atoms with Crippen molar-refractivity contribution in [1.29, 1.82) is 0 Å². The Bertz CT molecular complexity index is 631. The summed E-state index contributed by atoms with van der Waals surface area (Å²) in [6.45, 7) is 0. The lowest BCUT2D eigenvalue weighted by Crippen LogP contribution is -2.26. The van der Waals surface area contributed by atoms with Crippen LogP contribution >= 0.6 is 0 Å². The van der Waals surface area contributed by atoms with E-state index in [1.54, 1.807) is 6.20 Å². The maximum absolute atomic E-state index is 11.0. The summed E-state index contributed by atoms with van der Waals surface area (Å²) in [7, 11) is 0. The lowest BCUT2D eigenvalue weighted by Gasteiger charge is -2.27. The van der Waals surface area contributed by atoms with Crippen molar-refractivity contribution >= 4 is 17.8 Å². The van der Waals surface area contributed by atoms with E-state index in [0.29, 0.717) is 6.04 Å². The molecule has 1 aliphatic carbocycles. The topological polar surface area (TPSA) is 44.9 Å². The van der Waals surface area contributed by atoms with Crippen LogP contribution in [-0.2, 0) is 0 Å². The van der Waals surface area contributed by atoms with E-state index in [2.05, 4.69) is 34.6 Å². The average Bonchev–Trinajstić information content (AvgIpc) is 2.44. The molecule has 1 aromatic carbocycles. The van der Waals surface area contributed by atoms with Crippen LogP contribution in [0, 0.1) is 0 Å². The fourth-order valence-electron chi connectivity index (χ4n) is 2.20. The third-order valence-electron chi connectivity index (χ3n) is 3.66. The molecule has 0 spiro atoms. The SMILES string of the molecule is O=c1ccc(/C=C/c2ccc(NC3CCC3)cc2)c[nH]1. The van der Waals surface area contributed by atoms with Gasteiger partial charge in [0.15, 0.2) is 0 Å². The molecule has 3 nitrogen and oxygen atoms in total. The summed E-state index contributed by atoms with van der Waals surface area (Å²) in [6.07, 6.45) is 9.66. The molecular formula is C17H18N2O. The monoisotopic (exact) mass is 266 g/mol. The quantitative estimate of drug-likeness (QED) is 0.889. The Balaban J connectivity index is 1.64. The first-order valence-corrected chi connectivity index (χ1v) is 7.03. The Labute approximate surface area is 118 Å². The van der Waals surface area contributed by atoms with E-state index >= 15 is 0 Å². The minimum absolute atomic E-state index is 0.0754. The summed E-state index contributed by atoms with van der Waals surface area (Å²) >= 11 is 0. The summed E-state index contributed by atoms with van der Waals surface area (Å²) in [5, 5.41) is 3.52. The van der Waals surface area contributed by atoms with Gasteiger partial charge in [0, 0.05) is 24.0 Å². The number of benzene rings is 1. The Morgan fingerprint density at radius 1 is 1.00 bits per heavy atom. The lowest BCUT2D eigenvalue weighted by molar-refractivity contribution is 0.445. The Kier molecular flexibility index (Phi) is 3.68. The number of aromatic nitrogens is 1. The van der Waals surface area contributed by atoms with Crippen LogP contribution in [0.5, 0.6) is 0 Å². The van der Waals surface area contributed by atoms with Crippen LogP contribution in [0.3, 0.4) is 0 Å². The van der Waals surface area contributed by atoms with Crippen LogP contribution in [-0.4, -0.2) is 11.0 Å². The van der Waals surface area contributed by atoms with Crippen molar-refractivity contribution in [2.75, 3.05) is 5.32 Å². The number of pyridine rings is 1. The van der Waals surface area contributed by atoms with Crippen LogP contribution in [0.2, 0.25) is 0 Å². The summed E-state index contributed by atoms with van der Waals surface area (Å²) in [4.78, 5) is 13.6. The van der Waals surface area contributed by atoms with Gasteiger partial charge in [0.1, 0.15) is 0 Å². The number of rotatable bonds is 4. The van der Waals surface area contributed by atoms with Gasteiger partial charge in [-0.15, -0.1) is 0 Å². The molecule has 3 heteroatoms. The second-order valence-electron chi connectivity index (χ2n) is 5.21. The molecule has 0 radical (unpaired) electrons. The highest BCUT2D eigenvalue weighted by Crippen LogP contribution is 2.23. The molecule has 0 bridgehead atoms. The van der Waals surface area contributed by atoms with Gasteiger partial charge in [0.25, 0.3) is 0 Å². The summed E-state index contributed by atoms with van der Waals surface area (Å²) in [6, 6.07) is 12.4. The van der Waals surface area contributed by atoms with E-state index < -0.39 is 0 Å². The van der Waals surface area contributed by atoms with Gasteiger partial charge in [0.05, 0.1) is 0 Å². The van der Waals surface area contributed by atoms with Crippen molar-refractivity contribution < 1.29 is 0 Å². The van der Waals surface area contributed by atoms with Gasteiger partial charge in [-0.1, -0.05) is 24.3 Å². The predicted molar refractivity (Wildman–Crippen MR) is 83.7 cm³/mol. The Morgan fingerprint density at radius 3 is 2.30 bits per heavy atom. The molecule has 1 aliphatic rings. The Morgan fingerprint density at radius 2 is 1.70 bits per heavy atom. The number of hydrogen-bond acceptors (Lipinski definition) is 2. The van der Waals surface area contributed by atoms with Crippen molar-refractivity contribution in [3.8, 4) is 0 Å². The fraction of sp³-hybridized carbons (Fsp3) is 0.235. The molecular weight excluding hydrogens is 248 g/mol. The van der Waals surface area contributed by atoms with Gasteiger partial charge < -0.3 is 10.3 Å². The molecule has 20 heavy (non-hydrogen) atoms. The minimum Gasteiger partial charge on any atom is -0.382 e. The number of nitrogens with one attached hydrogen (secondary N) is 2. The van der Waals surface area contributed by atoms with Crippen LogP contribution < -0.4 is 10.9 Å². The van der Waals surface area contributed by atoms with Crippen LogP contribution in [0.4, 0.5) is 5.69 Å². The van der Waals surface area contributed by atoms with Crippen molar-refractivity contribution in [1.82, 2.24) is 4.98 Å². The highest BCUT2D eigenvalue weighted by Gasteiger charge is 2.16. The zero-order valence-corrected chi connectivity index (χ0v) is 11.3. The first-order valence-electron chi connectivity index (χ1n) is 7.03. The van der Waals surface area contributed by atoms with E-state index in [0.717, 1.165) is 11.1 Å². The van der Waals surface area contributed by atoms with Crippen molar-refractivity contribution in [3.05, 3.63) is 64.1 Å². The first-order chi connectivity index (χ1) is 9.79. The van der Waals surface area contributed by atoms with E-state index in [-0.39, 0.29) is 5.56 Å². The average molecular weight is 266 g/mol. The van der Waals surface area contributed by atoms with E-state index in [9.17, 15) is 4.79 Å². The zero-order valence-electron chi connectivity index (χ0n) is 11.3. The maximum atomic E-state index is 11.0. The van der Waals surface area contributed by atoms with Gasteiger partial charge in [-0.05, 0) is 48.6 Å². The molecule has 0 saturated heterocycles. The predicted octanol–water partition coefficient (Wildman–Crippen LogP) is 3.51. The number of anilines is 1. The van der Waals surface area contributed by atoms with Gasteiger partial charge in [0.2, 0.25) is 5.56 Å². The second kappa shape index (κ2) is 5.78. The largest absolute Gasteiger partial charge is 0.382 e. The molecule has 0 aliphatic heterocycles. The smallest absolute Gasteiger partial charge is 0.247 e. The fourth-order valence-corrected chi connectivity index (χ4v) is 2.20. The summed E-state index contributed by atoms with van der Waals surface area (Å²) < 4.78 is 0. The number of aromatic amines is 1. The normalized spacial score (nSPS) is 15.2. The Hall–Kier alpha value is -2.29. The minimum atomic E-state index is -0.0754. The van der Waals surface area contributed by atoms with Gasteiger partial charge in [-0.25, -0.2) is 0 Å². The van der Waals surface area contributed by atoms with Crippen LogP contribution in [0.15, 0.2) is 47.4 Å². The molecule has 0 unspecified atom stereocenters. The molecule has 1 aromatic heterocycles. The van der Waals surface area contributed by atoms with Crippen molar-refractivity contribution in [3.63, 3.8) is 0 Å². The molecule has 102 valence electrons. The maximum Gasteiger partial charge on any atom is 0.247 e. The highest BCUT2D eigenvalue weighted by atomic mass is 16.1. The van der Waals surface area contributed by atoms with Gasteiger partial charge in [-0.3, -0.25) is 4.79 Å².